The molecule has 3 aromatic carbocycles. The van der Waals surface area contributed by atoms with E-state index in [0.717, 1.165) is 12.1 Å². The van der Waals surface area contributed by atoms with Crippen molar-refractivity contribution in [3.8, 4) is 0 Å². The highest BCUT2D eigenvalue weighted by Crippen LogP contribution is 2.53. The molecule has 0 radical (unpaired) electrons. The van der Waals surface area contributed by atoms with Crippen LogP contribution in [0.5, 0.6) is 0 Å². The number of rotatable bonds is 6. The first-order valence-corrected chi connectivity index (χ1v) is 11.6. The molecule has 1 unspecified atom stereocenters. The maximum Gasteiger partial charge on any atom is 0.435 e. The predicted octanol–water partition coefficient (Wildman–Crippen LogP) is 9.34. The molecular formula is C25H17Cl3F7NO. The fourth-order valence-electron chi connectivity index (χ4n) is 3.67. The van der Waals surface area contributed by atoms with Crippen molar-refractivity contribution in [1.29, 1.82) is 0 Å². The van der Waals surface area contributed by atoms with Crippen LogP contribution in [0.4, 0.5) is 30.7 Å². The van der Waals surface area contributed by atoms with E-state index >= 15 is 0 Å². The van der Waals surface area contributed by atoms with Crippen LogP contribution in [0.2, 0.25) is 15.1 Å². The number of hydrogen-bond acceptors (Lipinski definition) is 1. The quantitative estimate of drug-likeness (QED) is 0.264. The Kier molecular flexibility index (Phi) is 8.41. The first kappa shape index (κ1) is 29.1. The fourth-order valence-corrected chi connectivity index (χ4v) is 4.33. The number of amides is 1. The Morgan fingerprint density at radius 1 is 0.757 bits per heavy atom. The minimum atomic E-state index is -6.23. The Labute approximate surface area is 222 Å². The second-order valence-corrected chi connectivity index (χ2v) is 9.48. The Morgan fingerprint density at radius 2 is 1.24 bits per heavy atom. The SMILES string of the molecule is CC(c1ccc(Cl)cc1)N(Cc1ccc(C(F)(C(F)(F)F)C(F)(F)F)cc1)C(=O)c1cc(Cl)cc(Cl)c1. The monoisotopic (exact) mass is 585 g/mol. The summed E-state index contributed by atoms with van der Waals surface area (Å²) in [6.07, 6.45) is -12.5. The molecule has 3 rings (SSSR count). The molecule has 0 aliphatic rings. The zero-order valence-corrected chi connectivity index (χ0v) is 21.0. The molecule has 0 bridgehead atoms. The van der Waals surface area contributed by atoms with Gasteiger partial charge in [0.15, 0.2) is 0 Å². The normalized spacial score (nSPS) is 13.4. The van der Waals surface area contributed by atoms with Crippen LogP contribution in [-0.4, -0.2) is 23.2 Å². The molecule has 0 aliphatic carbocycles. The summed E-state index contributed by atoms with van der Waals surface area (Å²) in [5, 5.41) is 0.797. The number of halogens is 10. The molecule has 37 heavy (non-hydrogen) atoms. The van der Waals surface area contributed by atoms with Gasteiger partial charge in [-0.25, -0.2) is 4.39 Å². The van der Waals surface area contributed by atoms with Crippen LogP contribution in [0.25, 0.3) is 0 Å². The minimum Gasteiger partial charge on any atom is -0.328 e. The summed E-state index contributed by atoms with van der Waals surface area (Å²) in [4.78, 5) is 14.8. The van der Waals surface area contributed by atoms with Crippen LogP contribution in [0.3, 0.4) is 0 Å². The zero-order chi connectivity index (χ0) is 27.8. The Hall–Kier alpha value is -2.49. The lowest BCUT2D eigenvalue weighted by molar-refractivity contribution is -0.348. The number of carbonyl (C=O) groups excluding carboxylic acids is 1. The third-order valence-corrected chi connectivity index (χ3v) is 6.36. The predicted molar refractivity (Wildman–Crippen MR) is 128 cm³/mol. The lowest BCUT2D eigenvalue weighted by Crippen LogP contribution is -2.50. The van der Waals surface area contributed by atoms with Crippen molar-refractivity contribution in [2.45, 2.75) is 37.5 Å². The third kappa shape index (κ3) is 6.16. The number of alkyl halides is 7. The van der Waals surface area contributed by atoms with Crippen LogP contribution in [0.1, 0.15) is 40.0 Å². The van der Waals surface area contributed by atoms with E-state index in [9.17, 15) is 35.5 Å². The first-order chi connectivity index (χ1) is 17.0. The second-order valence-electron chi connectivity index (χ2n) is 8.17. The molecule has 1 amide bonds. The first-order valence-electron chi connectivity index (χ1n) is 10.5. The number of carbonyl (C=O) groups is 1. The maximum absolute atomic E-state index is 14.4. The molecule has 3 aromatic rings. The van der Waals surface area contributed by atoms with Gasteiger partial charge in [0.05, 0.1) is 6.04 Å². The summed E-state index contributed by atoms with van der Waals surface area (Å²) in [5.41, 5.74) is -6.28. The van der Waals surface area contributed by atoms with E-state index in [-0.39, 0.29) is 27.7 Å². The van der Waals surface area contributed by atoms with Crippen molar-refractivity contribution in [2.75, 3.05) is 0 Å². The molecule has 0 saturated heterocycles. The van der Waals surface area contributed by atoms with Gasteiger partial charge in [-0.15, -0.1) is 0 Å². The molecule has 0 saturated carbocycles. The van der Waals surface area contributed by atoms with Gasteiger partial charge in [-0.2, -0.15) is 26.3 Å². The van der Waals surface area contributed by atoms with E-state index < -0.39 is 35.5 Å². The third-order valence-electron chi connectivity index (χ3n) is 5.68. The van der Waals surface area contributed by atoms with Crippen LogP contribution in [-0.2, 0) is 12.2 Å². The molecule has 1 atom stereocenters. The molecule has 0 fully saturated rings. The van der Waals surface area contributed by atoms with Crippen molar-refractivity contribution in [2.24, 2.45) is 0 Å². The molecular weight excluding hydrogens is 570 g/mol. The fraction of sp³-hybridized carbons (Fsp3) is 0.240. The molecule has 0 aliphatic heterocycles. The standard InChI is InChI=1S/C25H17Cl3F7NO/c1-14(16-4-8-19(26)9-5-16)36(22(37)17-10-20(27)12-21(28)11-17)13-15-2-6-18(7-3-15)23(29,24(30,31)32)25(33,34)35/h2-12,14H,13H2,1H3. The smallest absolute Gasteiger partial charge is 0.328 e. The van der Waals surface area contributed by atoms with Crippen molar-refractivity contribution in [3.05, 3.63) is 104 Å². The average molecular weight is 587 g/mol. The molecule has 12 heteroatoms. The van der Waals surface area contributed by atoms with Gasteiger partial charge in [0.2, 0.25) is 0 Å². The van der Waals surface area contributed by atoms with Crippen LogP contribution >= 0.6 is 34.8 Å². The Morgan fingerprint density at radius 3 is 1.70 bits per heavy atom. The zero-order valence-electron chi connectivity index (χ0n) is 18.8. The molecule has 0 N–H and O–H groups in total. The van der Waals surface area contributed by atoms with Gasteiger partial charge in [-0.1, -0.05) is 71.2 Å². The van der Waals surface area contributed by atoms with Gasteiger partial charge < -0.3 is 4.90 Å². The topological polar surface area (TPSA) is 20.3 Å². The van der Waals surface area contributed by atoms with Crippen molar-refractivity contribution in [1.82, 2.24) is 4.90 Å². The molecule has 2 nitrogen and oxygen atoms in total. The average Bonchev–Trinajstić information content (AvgIpc) is 2.80. The second kappa shape index (κ2) is 10.7. The largest absolute Gasteiger partial charge is 0.435 e. The van der Waals surface area contributed by atoms with Gasteiger partial charge in [-0.05, 0) is 48.4 Å². The van der Waals surface area contributed by atoms with Crippen LogP contribution < -0.4 is 0 Å². The number of nitrogens with zero attached hydrogens (tertiary/aromatic N) is 1. The van der Waals surface area contributed by atoms with E-state index in [4.69, 9.17) is 34.8 Å². The Bertz CT molecular complexity index is 1230. The summed E-state index contributed by atoms with van der Waals surface area (Å²) in [5.74, 6) is -0.568. The summed E-state index contributed by atoms with van der Waals surface area (Å²) in [7, 11) is 0. The molecule has 0 heterocycles. The Balaban J connectivity index is 2.01. The molecule has 0 aromatic heterocycles. The van der Waals surface area contributed by atoms with Gasteiger partial charge >= 0.3 is 18.0 Å². The van der Waals surface area contributed by atoms with Gasteiger partial charge in [0, 0.05) is 32.7 Å². The lowest BCUT2D eigenvalue weighted by atomic mass is 9.93. The van der Waals surface area contributed by atoms with E-state index in [1.54, 1.807) is 31.2 Å². The minimum absolute atomic E-state index is 0.104. The van der Waals surface area contributed by atoms with Crippen LogP contribution in [0, 0.1) is 0 Å². The summed E-state index contributed by atoms with van der Waals surface area (Å²) >= 11 is 18.0. The summed E-state index contributed by atoms with van der Waals surface area (Å²) < 4.78 is 93.0. The molecule has 0 spiro atoms. The van der Waals surface area contributed by atoms with E-state index in [1.165, 1.54) is 23.1 Å². The maximum atomic E-state index is 14.4. The number of hydrogen-bond donors (Lipinski definition) is 0. The van der Waals surface area contributed by atoms with Gasteiger partial charge in [0.25, 0.3) is 5.91 Å². The van der Waals surface area contributed by atoms with E-state index in [1.807, 2.05) is 0 Å². The highest BCUT2D eigenvalue weighted by atomic mass is 35.5. The van der Waals surface area contributed by atoms with Crippen LogP contribution in [0.15, 0.2) is 66.7 Å². The molecule has 198 valence electrons. The lowest BCUT2D eigenvalue weighted by Gasteiger charge is -2.31. The highest BCUT2D eigenvalue weighted by molar-refractivity contribution is 6.35. The van der Waals surface area contributed by atoms with Gasteiger partial charge in [-0.3, -0.25) is 4.79 Å². The van der Waals surface area contributed by atoms with Crippen molar-refractivity contribution in [3.63, 3.8) is 0 Å². The van der Waals surface area contributed by atoms with Gasteiger partial charge in [0.1, 0.15) is 0 Å². The van der Waals surface area contributed by atoms with E-state index in [2.05, 4.69) is 0 Å². The summed E-state index contributed by atoms with van der Waals surface area (Å²) in [6.45, 7) is 1.42. The number of benzene rings is 3. The van der Waals surface area contributed by atoms with Crippen molar-refractivity contribution < 1.29 is 35.5 Å². The van der Waals surface area contributed by atoms with E-state index in [0.29, 0.717) is 22.7 Å². The highest BCUT2D eigenvalue weighted by Gasteiger charge is 2.73. The van der Waals surface area contributed by atoms with Crippen molar-refractivity contribution >= 4 is 40.7 Å². The summed E-state index contributed by atoms with van der Waals surface area (Å²) in [6, 6.07) is 12.6.